The number of likely N-dealkylation sites (tertiary alicyclic amines) is 1. The summed E-state index contributed by atoms with van der Waals surface area (Å²) in [6.45, 7) is 3.95. The highest BCUT2D eigenvalue weighted by Crippen LogP contribution is 2.35. The van der Waals surface area contributed by atoms with E-state index in [1.165, 1.54) is 34.6 Å². The molecule has 0 bridgehead atoms. The van der Waals surface area contributed by atoms with Gasteiger partial charge in [0.25, 0.3) is 0 Å². The van der Waals surface area contributed by atoms with Crippen LogP contribution in [0, 0.1) is 10.9 Å². The van der Waals surface area contributed by atoms with Crippen molar-refractivity contribution in [3.05, 3.63) is 56.2 Å². The summed E-state index contributed by atoms with van der Waals surface area (Å²) in [4.78, 5) is 3.93. The molecule has 4 rings (SSSR count). The number of aryl methyl sites for hydroxylation is 1. The first-order valence-corrected chi connectivity index (χ1v) is 10.5. The van der Waals surface area contributed by atoms with Crippen LogP contribution in [0.25, 0.3) is 0 Å². The van der Waals surface area contributed by atoms with E-state index in [0.29, 0.717) is 6.04 Å². The second-order valence-electron chi connectivity index (χ2n) is 6.24. The van der Waals surface area contributed by atoms with Gasteiger partial charge in [0.1, 0.15) is 0 Å². The van der Waals surface area contributed by atoms with Crippen LogP contribution in [0.15, 0.2) is 41.8 Å². The molecule has 1 aliphatic heterocycles. The van der Waals surface area contributed by atoms with Crippen molar-refractivity contribution in [2.75, 3.05) is 11.9 Å². The molecular weight excluding hydrogens is 368 g/mol. The predicted octanol–water partition coefficient (Wildman–Crippen LogP) is 5.58. The minimum atomic E-state index is 0.497. The number of para-hydroxylation sites is 1. The lowest BCUT2D eigenvalue weighted by Crippen LogP contribution is -2.26. The number of benzene rings is 1. The van der Waals surface area contributed by atoms with Crippen LogP contribution in [0.3, 0.4) is 0 Å². The van der Waals surface area contributed by atoms with E-state index in [2.05, 4.69) is 46.8 Å². The average molecular weight is 389 g/mol. The molecule has 1 fully saturated rings. The number of hydrogen-bond donors (Lipinski definition) is 1. The molecular formula is C18H20N4S3. The van der Waals surface area contributed by atoms with Crippen LogP contribution in [0.2, 0.25) is 0 Å². The molecule has 1 aliphatic rings. The van der Waals surface area contributed by atoms with Gasteiger partial charge in [0, 0.05) is 23.2 Å². The van der Waals surface area contributed by atoms with Crippen molar-refractivity contribution in [1.82, 2.24) is 14.7 Å². The van der Waals surface area contributed by atoms with Gasteiger partial charge in [-0.05, 0) is 55.1 Å². The Morgan fingerprint density at radius 1 is 1.28 bits per heavy atom. The van der Waals surface area contributed by atoms with Crippen molar-refractivity contribution in [2.45, 2.75) is 32.5 Å². The quantitative estimate of drug-likeness (QED) is 0.578. The van der Waals surface area contributed by atoms with Gasteiger partial charge in [-0.15, -0.1) is 16.4 Å². The number of aromatic nitrogens is 2. The second-order valence-corrected chi connectivity index (χ2v) is 8.84. The molecule has 1 atom stereocenters. The third-order valence-corrected chi connectivity index (χ3v) is 6.74. The smallest absolute Gasteiger partial charge is 0.209 e. The summed E-state index contributed by atoms with van der Waals surface area (Å²) in [5.74, 6) is 0. The summed E-state index contributed by atoms with van der Waals surface area (Å²) < 4.78 is 2.76. The van der Waals surface area contributed by atoms with Crippen LogP contribution in [0.5, 0.6) is 0 Å². The molecule has 0 radical (unpaired) electrons. The van der Waals surface area contributed by atoms with Crippen LogP contribution >= 0.6 is 34.9 Å². The highest BCUT2D eigenvalue weighted by Gasteiger charge is 2.27. The molecule has 3 heterocycles. The van der Waals surface area contributed by atoms with Crippen molar-refractivity contribution in [1.29, 1.82) is 0 Å². The Hall–Kier alpha value is -1.54. The van der Waals surface area contributed by atoms with Gasteiger partial charge in [-0.1, -0.05) is 35.6 Å². The van der Waals surface area contributed by atoms with Crippen molar-refractivity contribution >= 4 is 45.7 Å². The van der Waals surface area contributed by atoms with Crippen LogP contribution in [-0.4, -0.2) is 21.2 Å². The van der Waals surface area contributed by atoms with E-state index in [4.69, 9.17) is 17.3 Å². The van der Waals surface area contributed by atoms with Gasteiger partial charge >= 0.3 is 0 Å². The number of nitrogens with zero attached hydrogens (tertiary/aromatic N) is 3. The van der Waals surface area contributed by atoms with E-state index < -0.39 is 0 Å². The largest absolute Gasteiger partial charge is 0.330 e. The Kier molecular flexibility index (Phi) is 4.98. The average Bonchev–Trinajstić information content (AvgIpc) is 3.32. The molecule has 0 unspecified atom stereocenters. The fraction of sp³-hybridized carbons (Fsp3) is 0.333. The molecule has 25 heavy (non-hydrogen) atoms. The van der Waals surface area contributed by atoms with Gasteiger partial charge < -0.3 is 5.32 Å². The van der Waals surface area contributed by atoms with E-state index in [0.717, 1.165) is 28.0 Å². The summed E-state index contributed by atoms with van der Waals surface area (Å²) in [6.07, 6.45) is 2.45. The van der Waals surface area contributed by atoms with E-state index in [-0.39, 0.29) is 0 Å². The Morgan fingerprint density at radius 3 is 2.96 bits per heavy atom. The maximum absolute atomic E-state index is 5.55. The Balaban J connectivity index is 1.51. The van der Waals surface area contributed by atoms with Crippen LogP contribution in [-0.2, 0) is 6.67 Å². The molecule has 2 aromatic heterocycles. The molecule has 7 heteroatoms. The number of anilines is 2. The van der Waals surface area contributed by atoms with Gasteiger partial charge in [0.2, 0.25) is 5.13 Å². The first-order chi connectivity index (χ1) is 12.2. The van der Waals surface area contributed by atoms with Crippen molar-refractivity contribution in [3.63, 3.8) is 0 Å². The Bertz CT molecular complexity index is 897. The predicted molar refractivity (Wildman–Crippen MR) is 108 cm³/mol. The second kappa shape index (κ2) is 7.37. The molecule has 0 saturated carbocycles. The molecule has 1 aromatic carbocycles. The molecule has 1 saturated heterocycles. The van der Waals surface area contributed by atoms with Crippen molar-refractivity contribution < 1.29 is 0 Å². The highest BCUT2D eigenvalue weighted by molar-refractivity contribution is 7.73. The molecule has 3 aromatic rings. The Labute approximate surface area is 160 Å². The lowest BCUT2D eigenvalue weighted by molar-refractivity contribution is 0.193. The third kappa shape index (κ3) is 3.69. The molecule has 0 spiro atoms. The Morgan fingerprint density at radius 2 is 2.16 bits per heavy atom. The van der Waals surface area contributed by atoms with E-state index in [1.54, 1.807) is 0 Å². The minimum Gasteiger partial charge on any atom is -0.330 e. The number of rotatable bonds is 5. The molecule has 0 aliphatic carbocycles. The summed E-state index contributed by atoms with van der Waals surface area (Å²) in [5, 5.41) is 11.1. The number of hydrogen-bond acceptors (Lipinski definition) is 6. The van der Waals surface area contributed by atoms with Gasteiger partial charge in [-0.25, -0.2) is 4.68 Å². The molecule has 1 N–H and O–H groups in total. The standard InChI is InChI=1S/C18H20N4S3/c1-13-6-2-3-7-14(13)19-17-20-22(18(23)25-17)12-21-10-4-8-15(21)16-9-5-11-24-16/h2-3,5-7,9,11,15H,4,8,10,12H2,1H3,(H,19,20)/t15-/m1/s1. The van der Waals surface area contributed by atoms with Gasteiger partial charge in [0.15, 0.2) is 3.95 Å². The zero-order valence-electron chi connectivity index (χ0n) is 14.0. The van der Waals surface area contributed by atoms with E-state index in [1.807, 2.05) is 28.2 Å². The topological polar surface area (TPSA) is 33.1 Å². The maximum atomic E-state index is 5.55. The lowest BCUT2D eigenvalue weighted by atomic mass is 10.2. The van der Waals surface area contributed by atoms with Gasteiger partial charge in [-0.2, -0.15) is 0 Å². The van der Waals surface area contributed by atoms with E-state index in [9.17, 15) is 0 Å². The fourth-order valence-corrected chi connectivity index (χ4v) is 5.15. The minimum absolute atomic E-state index is 0.497. The van der Waals surface area contributed by atoms with Gasteiger partial charge in [0.05, 0.1) is 6.67 Å². The first kappa shape index (κ1) is 16.9. The SMILES string of the molecule is Cc1ccccc1Nc1nn(CN2CCC[C@@H]2c2cccs2)c(=S)s1. The molecule has 0 amide bonds. The van der Waals surface area contributed by atoms with Crippen LogP contribution in [0.1, 0.15) is 29.3 Å². The zero-order chi connectivity index (χ0) is 17.2. The number of thiophene rings is 1. The number of nitrogens with one attached hydrogen (secondary N) is 1. The van der Waals surface area contributed by atoms with Crippen molar-refractivity contribution in [3.8, 4) is 0 Å². The maximum Gasteiger partial charge on any atom is 0.209 e. The summed E-state index contributed by atoms with van der Waals surface area (Å²) >= 11 is 8.92. The van der Waals surface area contributed by atoms with Crippen LogP contribution < -0.4 is 5.32 Å². The normalized spacial score (nSPS) is 17.9. The van der Waals surface area contributed by atoms with E-state index >= 15 is 0 Å². The monoisotopic (exact) mass is 388 g/mol. The summed E-state index contributed by atoms with van der Waals surface area (Å²) in [6, 6.07) is 13.1. The third-order valence-electron chi connectivity index (χ3n) is 4.54. The fourth-order valence-electron chi connectivity index (χ4n) is 3.25. The van der Waals surface area contributed by atoms with Crippen LogP contribution in [0.4, 0.5) is 10.8 Å². The molecule has 130 valence electrons. The van der Waals surface area contributed by atoms with Crippen molar-refractivity contribution in [2.24, 2.45) is 0 Å². The lowest BCUT2D eigenvalue weighted by Gasteiger charge is -2.23. The summed E-state index contributed by atoms with van der Waals surface area (Å²) in [5.41, 5.74) is 2.28. The first-order valence-electron chi connectivity index (χ1n) is 8.39. The van der Waals surface area contributed by atoms with Gasteiger partial charge in [-0.3, -0.25) is 4.90 Å². The summed E-state index contributed by atoms with van der Waals surface area (Å²) in [7, 11) is 0. The highest BCUT2D eigenvalue weighted by atomic mass is 32.1. The molecule has 4 nitrogen and oxygen atoms in total. The zero-order valence-corrected chi connectivity index (χ0v) is 16.5.